The normalized spacial score (nSPS) is 15.3. The predicted molar refractivity (Wildman–Crippen MR) is 81.6 cm³/mol. The summed E-state index contributed by atoms with van der Waals surface area (Å²) in [5.74, 6) is -0.553. The first kappa shape index (κ1) is 14.7. The fraction of sp³-hybridized carbons (Fsp3) is 0.333. The van der Waals surface area contributed by atoms with Crippen molar-refractivity contribution in [2.45, 2.75) is 19.3 Å². The Morgan fingerprint density at radius 1 is 1.20 bits per heavy atom. The number of carbonyl (C=O) groups is 1. The summed E-state index contributed by atoms with van der Waals surface area (Å²) in [4.78, 5) is 13.8. The number of nitrogens with one attached hydrogen (secondary N) is 1. The lowest BCUT2D eigenvalue weighted by Gasteiger charge is -2.28. The highest BCUT2D eigenvalue weighted by Crippen LogP contribution is 2.08. The van der Waals surface area contributed by atoms with E-state index in [-0.39, 0.29) is 11.7 Å². The smallest absolute Gasteiger partial charge is 0.250 e. The first-order chi connectivity index (χ1) is 9.65. The van der Waals surface area contributed by atoms with E-state index in [4.69, 9.17) is 12.2 Å². The van der Waals surface area contributed by atoms with Gasteiger partial charge in [-0.1, -0.05) is 12.1 Å². The van der Waals surface area contributed by atoms with Crippen LogP contribution in [0.5, 0.6) is 0 Å². The quantitative estimate of drug-likeness (QED) is 0.672. The summed E-state index contributed by atoms with van der Waals surface area (Å²) >= 11 is 5.21. The van der Waals surface area contributed by atoms with Crippen LogP contribution < -0.4 is 5.32 Å². The number of halogens is 1. The van der Waals surface area contributed by atoms with Gasteiger partial charge >= 0.3 is 0 Å². The number of carbonyl (C=O) groups excluding carboxylic acids is 1. The van der Waals surface area contributed by atoms with Crippen LogP contribution in [0.3, 0.4) is 0 Å². The third-order valence-electron chi connectivity index (χ3n) is 3.17. The first-order valence-electron chi connectivity index (χ1n) is 6.69. The molecule has 2 rings (SSSR count). The fourth-order valence-corrected chi connectivity index (χ4v) is 2.35. The van der Waals surface area contributed by atoms with E-state index in [1.165, 1.54) is 24.6 Å². The summed E-state index contributed by atoms with van der Waals surface area (Å²) in [6.45, 7) is 1.81. The van der Waals surface area contributed by atoms with Crippen molar-refractivity contribution in [1.29, 1.82) is 0 Å². The molecular formula is C15H17FN2OS. The molecule has 1 heterocycles. The van der Waals surface area contributed by atoms with Crippen LogP contribution in [0.1, 0.15) is 24.8 Å². The molecule has 5 heteroatoms. The second kappa shape index (κ2) is 7.14. The maximum absolute atomic E-state index is 12.7. The molecule has 3 nitrogen and oxygen atoms in total. The molecule has 1 amide bonds. The summed E-state index contributed by atoms with van der Waals surface area (Å²) in [7, 11) is 0. The zero-order valence-corrected chi connectivity index (χ0v) is 12.0. The molecule has 0 unspecified atom stereocenters. The third-order valence-corrected chi connectivity index (χ3v) is 3.53. The topological polar surface area (TPSA) is 32.3 Å². The van der Waals surface area contributed by atoms with E-state index in [9.17, 15) is 9.18 Å². The van der Waals surface area contributed by atoms with Gasteiger partial charge in [-0.05, 0) is 55.3 Å². The highest BCUT2D eigenvalue weighted by Gasteiger charge is 2.14. The maximum atomic E-state index is 12.7. The van der Waals surface area contributed by atoms with Crippen molar-refractivity contribution in [2.75, 3.05) is 13.1 Å². The number of hydrogen-bond acceptors (Lipinski definition) is 2. The van der Waals surface area contributed by atoms with Gasteiger partial charge in [0.2, 0.25) is 5.91 Å². The minimum Gasteiger partial charge on any atom is -0.349 e. The van der Waals surface area contributed by atoms with Gasteiger partial charge < -0.3 is 4.90 Å². The van der Waals surface area contributed by atoms with Gasteiger partial charge in [0.25, 0.3) is 0 Å². The number of thiocarbonyl (C=S) groups is 1. The molecule has 0 saturated carbocycles. The number of amides is 1. The largest absolute Gasteiger partial charge is 0.349 e. The van der Waals surface area contributed by atoms with Gasteiger partial charge in [0.1, 0.15) is 5.82 Å². The molecule has 106 valence electrons. The van der Waals surface area contributed by atoms with Gasteiger partial charge in [-0.3, -0.25) is 10.1 Å². The summed E-state index contributed by atoms with van der Waals surface area (Å²) in [6, 6.07) is 5.94. The van der Waals surface area contributed by atoms with E-state index in [0.29, 0.717) is 5.11 Å². The number of benzene rings is 1. The summed E-state index contributed by atoms with van der Waals surface area (Å²) in [5, 5.41) is 3.17. The number of rotatable bonds is 2. The van der Waals surface area contributed by atoms with Gasteiger partial charge in [-0.15, -0.1) is 0 Å². The Morgan fingerprint density at radius 3 is 2.50 bits per heavy atom. The van der Waals surface area contributed by atoms with Crippen molar-refractivity contribution >= 4 is 29.3 Å². The van der Waals surface area contributed by atoms with Crippen LogP contribution in [0.15, 0.2) is 30.3 Å². The standard InChI is InChI=1S/C15H17FN2OS/c16-13-7-4-12(5-8-13)6-9-14(19)17-15(20)18-10-2-1-3-11-18/h4-9H,1-3,10-11H2,(H,17,19,20)/b9-6+. The Kier molecular flexibility index (Phi) is 5.24. The molecule has 1 saturated heterocycles. The lowest BCUT2D eigenvalue weighted by atomic mass is 10.1. The molecule has 0 spiro atoms. The average molecular weight is 292 g/mol. The average Bonchev–Trinajstić information content (AvgIpc) is 2.47. The van der Waals surface area contributed by atoms with Crippen LogP contribution in [-0.4, -0.2) is 29.0 Å². The Bertz CT molecular complexity index is 507. The molecule has 1 aliphatic rings. The van der Waals surface area contributed by atoms with Crippen molar-refractivity contribution < 1.29 is 9.18 Å². The molecular weight excluding hydrogens is 275 g/mol. The van der Waals surface area contributed by atoms with Crippen molar-refractivity contribution in [2.24, 2.45) is 0 Å². The number of nitrogens with zero attached hydrogens (tertiary/aromatic N) is 1. The van der Waals surface area contributed by atoms with Crippen LogP contribution >= 0.6 is 12.2 Å². The zero-order chi connectivity index (χ0) is 14.4. The Labute approximate surface area is 123 Å². The molecule has 1 N–H and O–H groups in total. The molecule has 1 aliphatic heterocycles. The van der Waals surface area contributed by atoms with Crippen LogP contribution in [0.25, 0.3) is 6.08 Å². The van der Waals surface area contributed by atoms with Gasteiger partial charge in [0, 0.05) is 19.2 Å². The highest BCUT2D eigenvalue weighted by molar-refractivity contribution is 7.80. The van der Waals surface area contributed by atoms with Gasteiger partial charge in [-0.25, -0.2) is 4.39 Å². The monoisotopic (exact) mass is 292 g/mol. The van der Waals surface area contributed by atoms with E-state index in [1.807, 2.05) is 4.90 Å². The van der Waals surface area contributed by atoms with Crippen LogP contribution in [0, 0.1) is 5.82 Å². The third kappa shape index (κ3) is 4.42. The van der Waals surface area contributed by atoms with Crippen LogP contribution in [0.4, 0.5) is 4.39 Å². The lowest BCUT2D eigenvalue weighted by Crippen LogP contribution is -2.44. The minimum atomic E-state index is -0.294. The van der Waals surface area contributed by atoms with E-state index in [2.05, 4.69) is 5.32 Å². The van der Waals surface area contributed by atoms with Gasteiger partial charge in [0.05, 0.1) is 0 Å². The molecule has 0 aliphatic carbocycles. The summed E-state index contributed by atoms with van der Waals surface area (Å²) in [6.07, 6.45) is 6.48. The van der Waals surface area contributed by atoms with E-state index < -0.39 is 0 Å². The summed E-state index contributed by atoms with van der Waals surface area (Å²) < 4.78 is 12.7. The Balaban J connectivity index is 1.85. The first-order valence-corrected chi connectivity index (χ1v) is 7.09. The highest BCUT2D eigenvalue weighted by atomic mass is 32.1. The second-order valence-electron chi connectivity index (χ2n) is 4.73. The Hall–Kier alpha value is -1.75. The van der Waals surface area contributed by atoms with E-state index in [1.54, 1.807) is 18.2 Å². The van der Waals surface area contributed by atoms with Crippen molar-refractivity contribution in [1.82, 2.24) is 10.2 Å². The molecule has 20 heavy (non-hydrogen) atoms. The van der Waals surface area contributed by atoms with Crippen molar-refractivity contribution in [3.63, 3.8) is 0 Å². The molecule has 1 aromatic carbocycles. The van der Waals surface area contributed by atoms with E-state index in [0.717, 1.165) is 31.5 Å². The van der Waals surface area contributed by atoms with E-state index >= 15 is 0 Å². The predicted octanol–water partition coefficient (Wildman–Crippen LogP) is 2.73. The van der Waals surface area contributed by atoms with Crippen molar-refractivity contribution in [3.8, 4) is 0 Å². The zero-order valence-electron chi connectivity index (χ0n) is 11.1. The van der Waals surface area contributed by atoms with Gasteiger partial charge in [0.15, 0.2) is 5.11 Å². The Morgan fingerprint density at radius 2 is 1.85 bits per heavy atom. The number of hydrogen-bond donors (Lipinski definition) is 1. The minimum absolute atomic E-state index is 0.259. The second-order valence-corrected chi connectivity index (χ2v) is 5.11. The molecule has 1 aromatic rings. The number of piperidine rings is 1. The summed E-state index contributed by atoms with van der Waals surface area (Å²) in [5.41, 5.74) is 0.769. The fourth-order valence-electron chi connectivity index (χ4n) is 2.07. The SMILES string of the molecule is O=C(/C=C/c1ccc(F)cc1)NC(=S)N1CCCCC1. The van der Waals surface area contributed by atoms with Crippen LogP contribution in [-0.2, 0) is 4.79 Å². The molecule has 0 radical (unpaired) electrons. The number of likely N-dealkylation sites (tertiary alicyclic amines) is 1. The van der Waals surface area contributed by atoms with Crippen LogP contribution in [0.2, 0.25) is 0 Å². The molecule has 1 fully saturated rings. The van der Waals surface area contributed by atoms with Gasteiger partial charge in [-0.2, -0.15) is 0 Å². The lowest BCUT2D eigenvalue weighted by molar-refractivity contribution is -0.115. The van der Waals surface area contributed by atoms with Crippen molar-refractivity contribution in [3.05, 3.63) is 41.7 Å². The molecule has 0 bridgehead atoms. The molecule has 0 atom stereocenters. The molecule has 0 aromatic heterocycles. The maximum Gasteiger partial charge on any atom is 0.250 e.